The van der Waals surface area contributed by atoms with Crippen molar-refractivity contribution in [3.8, 4) is 6.07 Å². The van der Waals surface area contributed by atoms with Crippen LogP contribution in [0.25, 0.3) is 0 Å². The Labute approximate surface area is 130 Å². The number of benzene rings is 1. The predicted octanol–water partition coefficient (Wildman–Crippen LogP) is 1.84. The van der Waals surface area contributed by atoms with Gasteiger partial charge in [0.05, 0.1) is 37.5 Å². The van der Waals surface area contributed by atoms with Gasteiger partial charge in [-0.3, -0.25) is 4.68 Å². The molecule has 2 aromatic rings. The van der Waals surface area contributed by atoms with Gasteiger partial charge in [-0.25, -0.2) is 0 Å². The van der Waals surface area contributed by atoms with Crippen molar-refractivity contribution in [3.05, 3.63) is 42.2 Å². The monoisotopic (exact) mass is 299 g/mol. The topological polar surface area (TPSA) is 77.1 Å². The van der Waals surface area contributed by atoms with Crippen LogP contribution in [0, 0.1) is 11.3 Å². The predicted molar refractivity (Wildman–Crippen MR) is 86.6 cm³/mol. The van der Waals surface area contributed by atoms with Crippen LogP contribution < -0.4 is 10.2 Å². The van der Waals surface area contributed by atoms with E-state index in [0.717, 1.165) is 17.9 Å². The third-order valence-electron chi connectivity index (χ3n) is 3.40. The summed E-state index contributed by atoms with van der Waals surface area (Å²) in [6, 6.07) is 10.4. The first kappa shape index (κ1) is 15.9. The minimum Gasteiger partial charge on any atom is -0.394 e. The minimum absolute atomic E-state index is 0.0852. The molecule has 0 unspecified atom stereocenters. The van der Waals surface area contributed by atoms with Gasteiger partial charge in [-0.15, -0.1) is 0 Å². The van der Waals surface area contributed by atoms with Crippen LogP contribution in [0.2, 0.25) is 0 Å². The Balaban J connectivity index is 1.86. The lowest BCUT2D eigenvalue weighted by Gasteiger charge is -2.18. The Bertz CT molecular complexity index is 614. The highest BCUT2D eigenvalue weighted by Crippen LogP contribution is 2.15. The number of nitrogens with zero attached hydrogens (tertiary/aromatic N) is 4. The summed E-state index contributed by atoms with van der Waals surface area (Å²) in [5.41, 5.74) is 3.21. The number of hydrogen-bond acceptors (Lipinski definition) is 5. The third-order valence-corrected chi connectivity index (χ3v) is 3.40. The number of anilines is 2. The van der Waals surface area contributed by atoms with E-state index >= 15 is 0 Å². The molecule has 0 radical (unpaired) electrons. The fourth-order valence-corrected chi connectivity index (χ4v) is 2.10. The average Bonchev–Trinajstić information content (AvgIpc) is 2.99. The number of nitriles is 1. The summed E-state index contributed by atoms with van der Waals surface area (Å²) in [4.78, 5) is 2.07. The number of hydrogen-bond donors (Lipinski definition) is 2. The Morgan fingerprint density at radius 1 is 1.36 bits per heavy atom. The van der Waals surface area contributed by atoms with Crippen molar-refractivity contribution in [1.29, 1.82) is 5.26 Å². The van der Waals surface area contributed by atoms with Crippen molar-refractivity contribution in [3.63, 3.8) is 0 Å². The van der Waals surface area contributed by atoms with E-state index in [9.17, 15) is 0 Å². The molecule has 0 saturated carbocycles. The van der Waals surface area contributed by atoms with Crippen LogP contribution in [0.4, 0.5) is 11.4 Å². The summed E-state index contributed by atoms with van der Waals surface area (Å²) in [7, 11) is 1.99. The van der Waals surface area contributed by atoms with Gasteiger partial charge in [-0.1, -0.05) is 12.1 Å². The van der Waals surface area contributed by atoms with Crippen molar-refractivity contribution in [2.45, 2.75) is 19.5 Å². The highest BCUT2D eigenvalue weighted by Gasteiger charge is 2.02. The quantitative estimate of drug-likeness (QED) is 0.777. The summed E-state index contributed by atoms with van der Waals surface area (Å²) in [6.07, 6.45) is 4.15. The standard InChI is InChI=1S/C16H21N5O/c1-20(8-2-7-17)16-5-3-14(4-6-16)11-18-15-12-19-21(13-15)9-10-22/h3-6,12-13,18,22H,2,8-11H2,1H3. The molecule has 0 atom stereocenters. The summed E-state index contributed by atoms with van der Waals surface area (Å²) >= 11 is 0. The van der Waals surface area contributed by atoms with Gasteiger partial charge < -0.3 is 15.3 Å². The van der Waals surface area contributed by atoms with Gasteiger partial charge >= 0.3 is 0 Å². The van der Waals surface area contributed by atoms with Gasteiger partial charge in [0.2, 0.25) is 0 Å². The molecule has 0 bridgehead atoms. The zero-order chi connectivity index (χ0) is 15.8. The van der Waals surface area contributed by atoms with E-state index in [0.29, 0.717) is 19.5 Å². The molecule has 1 aromatic carbocycles. The van der Waals surface area contributed by atoms with Crippen LogP contribution in [-0.4, -0.2) is 35.1 Å². The summed E-state index contributed by atoms with van der Waals surface area (Å²) in [5, 5.41) is 24.9. The molecule has 1 aromatic heterocycles. The zero-order valence-electron chi connectivity index (χ0n) is 12.7. The number of aliphatic hydroxyl groups excluding tert-OH is 1. The first-order chi connectivity index (χ1) is 10.7. The molecule has 22 heavy (non-hydrogen) atoms. The summed E-state index contributed by atoms with van der Waals surface area (Å²) in [6.45, 7) is 2.04. The van der Waals surface area contributed by atoms with E-state index < -0.39 is 0 Å². The zero-order valence-corrected chi connectivity index (χ0v) is 12.7. The maximum atomic E-state index is 8.86. The minimum atomic E-state index is 0.0852. The number of nitrogens with one attached hydrogen (secondary N) is 1. The molecule has 2 rings (SSSR count). The maximum absolute atomic E-state index is 8.86. The first-order valence-electron chi connectivity index (χ1n) is 7.27. The van der Waals surface area contributed by atoms with Crippen molar-refractivity contribution in [2.24, 2.45) is 0 Å². The fourth-order valence-electron chi connectivity index (χ4n) is 2.10. The van der Waals surface area contributed by atoms with Gasteiger partial charge in [-0.05, 0) is 17.7 Å². The lowest BCUT2D eigenvalue weighted by atomic mass is 10.2. The molecule has 0 aliphatic rings. The van der Waals surface area contributed by atoms with Crippen molar-refractivity contribution in [2.75, 3.05) is 30.4 Å². The molecule has 2 N–H and O–H groups in total. The van der Waals surface area contributed by atoms with E-state index in [1.54, 1.807) is 10.9 Å². The van der Waals surface area contributed by atoms with Crippen LogP contribution in [-0.2, 0) is 13.1 Å². The largest absolute Gasteiger partial charge is 0.394 e. The van der Waals surface area contributed by atoms with E-state index in [2.05, 4.69) is 45.7 Å². The Kier molecular flexibility index (Phi) is 5.81. The van der Waals surface area contributed by atoms with Gasteiger partial charge in [-0.2, -0.15) is 10.4 Å². The highest BCUT2D eigenvalue weighted by atomic mass is 16.3. The van der Waals surface area contributed by atoms with Gasteiger partial charge in [0.25, 0.3) is 0 Å². The van der Waals surface area contributed by atoms with Crippen LogP contribution in [0.1, 0.15) is 12.0 Å². The Hall–Kier alpha value is -2.52. The number of aromatic nitrogens is 2. The molecule has 6 nitrogen and oxygen atoms in total. The first-order valence-corrected chi connectivity index (χ1v) is 7.27. The van der Waals surface area contributed by atoms with Crippen LogP contribution in [0.5, 0.6) is 0 Å². The second-order valence-electron chi connectivity index (χ2n) is 5.07. The average molecular weight is 299 g/mol. The normalized spacial score (nSPS) is 10.2. The van der Waals surface area contributed by atoms with Crippen molar-refractivity contribution < 1.29 is 5.11 Å². The molecule has 1 heterocycles. The molecular weight excluding hydrogens is 278 g/mol. The van der Waals surface area contributed by atoms with E-state index in [4.69, 9.17) is 10.4 Å². The van der Waals surface area contributed by atoms with E-state index in [1.807, 2.05) is 13.2 Å². The SMILES string of the molecule is CN(CCC#N)c1ccc(CNc2cnn(CCO)c2)cc1. The van der Waals surface area contributed by atoms with Gasteiger partial charge in [0, 0.05) is 32.0 Å². The molecule has 0 aliphatic carbocycles. The molecule has 0 aliphatic heterocycles. The second-order valence-corrected chi connectivity index (χ2v) is 5.07. The molecule has 6 heteroatoms. The van der Waals surface area contributed by atoms with E-state index in [1.165, 1.54) is 5.56 Å². The van der Waals surface area contributed by atoms with Gasteiger partial charge in [0.1, 0.15) is 0 Å². The van der Waals surface area contributed by atoms with Crippen molar-refractivity contribution in [1.82, 2.24) is 9.78 Å². The molecule has 116 valence electrons. The molecule has 0 spiro atoms. The number of aliphatic hydroxyl groups is 1. The lowest BCUT2D eigenvalue weighted by Crippen LogP contribution is -2.17. The summed E-state index contributed by atoms with van der Waals surface area (Å²) in [5.74, 6) is 0. The lowest BCUT2D eigenvalue weighted by molar-refractivity contribution is 0.269. The van der Waals surface area contributed by atoms with Gasteiger partial charge in [0.15, 0.2) is 0 Å². The Morgan fingerprint density at radius 3 is 2.82 bits per heavy atom. The maximum Gasteiger partial charge on any atom is 0.0729 e. The van der Waals surface area contributed by atoms with Crippen LogP contribution in [0.3, 0.4) is 0 Å². The van der Waals surface area contributed by atoms with E-state index in [-0.39, 0.29) is 6.61 Å². The molecule has 0 fully saturated rings. The smallest absolute Gasteiger partial charge is 0.0729 e. The Morgan fingerprint density at radius 2 is 2.14 bits per heavy atom. The number of rotatable bonds is 8. The second kappa shape index (κ2) is 8.05. The third kappa shape index (κ3) is 4.50. The molecule has 0 amide bonds. The van der Waals surface area contributed by atoms with Crippen molar-refractivity contribution >= 4 is 11.4 Å². The highest BCUT2D eigenvalue weighted by molar-refractivity contribution is 5.48. The fraction of sp³-hybridized carbons (Fsp3) is 0.375. The van der Waals surface area contributed by atoms with Crippen LogP contribution >= 0.6 is 0 Å². The van der Waals surface area contributed by atoms with Crippen LogP contribution in [0.15, 0.2) is 36.7 Å². The summed E-state index contributed by atoms with van der Waals surface area (Å²) < 4.78 is 1.70. The molecule has 0 saturated heterocycles. The molecular formula is C16H21N5O.